The van der Waals surface area contributed by atoms with Gasteiger partial charge in [0.25, 0.3) is 5.91 Å². The van der Waals surface area contributed by atoms with Gasteiger partial charge in [-0.3, -0.25) is 9.59 Å². The number of hydrogen-bond acceptors (Lipinski definition) is 3. The summed E-state index contributed by atoms with van der Waals surface area (Å²) in [5.74, 6) is 0.434. The van der Waals surface area contributed by atoms with Gasteiger partial charge >= 0.3 is 0 Å². The quantitative estimate of drug-likeness (QED) is 0.444. The van der Waals surface area contributed by atoms with E-state index in [9.17, 15) is 9.59 Å². The second-order valence-electron chi connectivity index (χ2n) is 7.36. The molecule has 0 saturated heterocycles. The Morgan fingerprint density at radius 3 is 2.29 bits per heavy atom. The summed E-state index contributed by atoms with van der Waals surface area (Å²) in [5.41, 5.74) is 1.68. The van der Waals surface area contributed by atoms with E-state index in [1.807, 2.05) is 49.4 Å². The van der Waals surface area contributed by atoms with Gasteiger partial charge in [0.15, 0.2) is 0 Å². The third-order valence-corrected chi connectivity index (χ3v) is 5.24. The molecule has 0 aliphatic rings. The van der Waals surface area contributed by atoms with Gasteiger partial charge in [-0.25, -0.2) is 0 Å². The van der Waals surface area contributed by atoms with Crippen molar-refractivity contribution in [3.8, 4) is 0 Å². The minimum absolute atomic E-state index is 0.0186. The highest BCUT2D eigenvalue weighted by Gasteiger charge is 2.22. The molecule has 2 aromatic carbocycles. The van der Waals surface area contributed by atoms with Crippen LogP contribution in [0, 0.1) is 0 Å². The molecule has 0 fully saturated rings. The summed E-state index contributed by atoms with van der Waals surface area (Å²) < 4.78 is 5.46. The van der Waals surface area contributed by atoms with Crippen molar-refractivity contribution in [1.29, 1.82) is 0 Å². The summed E-state index contributed by atoms with van der Waals surface area (Å²) in [5, 5.41) is 0.570. The van der Waals surface area contributed by atoms with Crippen LogP contribution in [0.1, 0.15) is 35.0 Å². The van der Waals surface area contributed by atoms with Crippen molar-refractivity contribution in [3.63, 3.8) is 0 Å². The minimum Gasteiger partial charge on any atom is -0.467 e. The number of carbonyl (C=O) groups excluding carboxylic acids is 2. The fraction of sp³-hybridized carbons (Fsp3) is 0.280. The van der Waals surface area contributed by atoms with Crippen molar-refractivity contribution < 1.29 is 14.0 Å². The van der Waals surface area contributed by atoms with Crippen LogP contribution >= 0.6 is 11.6 Å². The number of carbonyl (C=O) groups is 2. The van der Waals surface area contributed by atoms with E-state index in [4.69, 9.17) is 16.0 Å². The summed E-state index contributed by atoms with van der Waals surface area (Å²) in [6.07, 6.45) is 3.09. The van der Waals surface area contributed by atoms with Crippen LogP contribution in [0.2, 0.25) is 5.02 Å². The molecule has 6 heteroatoms. The zero-order chi connectivity index (χ0) is 22.1. The summed E-state index contributed by atoms with van der Waals surface area (Å²) in [6, 6.07) is 20.4. The summed E-state index contributed by atoms with van der Waals surface area (Å²) >= 11 is 5.94. The average Bonchev–Trinajstić information content (AvgIpc) is 3.30. The second-order valence-corrected chi connectivity index (χ2v) is 7.80. The lowest BCUT2D eigenvalue weighted by Gasteiger charge is -2.27. The van der Waals surface area contributed by atoms with E-state index in [0.29, 0.717) is 36.0 Å². The van der Waals surface area contributed by atoms with Crippen LogP contribution in [0.3, 0.4) is 0 Å². The molecule has 0 atom stereocenters. The van der Waals surface area contributed by atoms with Crippen LogP contribution < -0.4 is 0 Å². The molecule has 5 nitrogen and oxygen atoms in total. The summed E-state index contributed by atoms with van der Waals surface area (Å²) in [4.78, 5) is 29.6. The van der Waals surface area contributed by atoms with Crippen LogP contribution in [0.15, 0.2) is 77.4 Å². The molecule has 0 aliphatic heterocycles. The van der Waals surface area contributed by atoms with Crippen molar-refractivity contribution >= 4 is 23.4 Å². The zero-order valence-corrected chi connectivity index (χ0v) is 18.4. The van der Waals surface area contributed by atoms with Crippen LogP contribution in [-0.2, 0) is 17.8 Å². The highest BCUT2D eigenvalue weighted by atomic mass is 35.5. The fourth-order valence-corrected chi connectivity index (χ4v) is 3.48. The number of furan rings is 1. The highest BCUT2D eigenvalue weighted by Crippen LogP contribution is 2.14. The topological polar surface area (TPSA) is 53.8 Å². The molecule has 3 aromatic rings. The van der Waals surface area contributed by atoms with Crippen molar-refractivity contribution in [2.75, 3.05) is 19.6 Å². The monoisotopic (exact) mass is 438 g/mol. The Hall–Kier alpha value is -3.05. The molecule has 2 amide bonds. The molecule has 0 unspecified atom stereocenters. The van der Waals surface area contributed by atoms with E-state index in [2.05, 4.69) is 0 Å². The maximum absolute atomic E-state index is 13.2. The van der Waals surface area contributed by atoms with Gasteiger partial charge in [0.2, 0.25) is 5.91 Å². The van der Waals surface area contributed by atoms with Crippen LogP contribution in [0.25, 0.3) is 0 Å². The SMILES string of the molecule is CCCN(CC(=O)N(CCc1ccccc1)Cc1ccco1)C(=O)c1ccc(Cl)cc1. The maximum Gasteiger partial charge on any atom is 0.254 e. The molecule has 31 heavy (non-hydrogen) atoms. The molecule has 0 saturated carbocycles. The predicted molar refractivity (Wildman–Crippen MR) is 122 cm³/mol. The molecule has 1 aromatic heterocycles. The van der Waals surface area contributed by atoms with E-state index in [0.717, 1.165) is 18.4 Å². The number of hydrogen-bond donors (Lipinski definition) is 0. The smallest absolute Gasteiger partial charge is 0.254 e. The van der Waals surface area contributed by atoms with Crippen molar-refractivity contribution in [1.82, 2.24) is 9.80 Å². The number of nitrogens with zero attached hydrogens (tertiary/aromatic N) is 2. The molecular formula is C25H27ClN2O3. The first-order chi connectivity index (χ1) is 15.1. The van der Waals surface area contributed by atoms with Crippen LogP contribution in [0.4, 0.5) is 0 Å². The number of halogens is 1. The van der Waals surface area contributed by atoms with Crippen molar-refractivity contribution in [3.05, 3.63) is 94.9 Å². The Kier molecular flexibility index (Phi) is 8.30. The van der Waals surface area contributed by atoms with E-state index < -0.39 is 0 Å². The first-order valence-electron chi connectivity index (χ1n) is 10.5. The van der Waals surface area contributed by atoms with Gasteiger partial charge in [-0.1, -0.05) is 48.9 Å². The molecule has 3 rings (SSSR count). The van der Waals surface area contributed by atoms with E-state index in [1.54, 1.807) is 40.3 Å². The zero-order valence-electron chi connectivity index (χ0n) is 17.7. The molecule has 0 aliphatic carbocycles. The van der Waals surface area contributed by atoms with Gasteiger partial charge in [-0.2, -0.15) is 0 Å². The number of rotatable bonds is 10. The Morgan fingerprint density at radius 1 is 0.903 bits per heavy atom. The fourth-order valence-electron chi connectivity index (χ4n) is 3.35. The first-order valence-corrected chi connectivity index (χ1v) is 10.8. The highest BCUT2D eigenvalue weighted by molar-refractivity contribution is 6.30. The predicted octanol–water partition coefficient (Wildman–Crippen LogP) is 5.06. The van der Waals surface area contributed by atoms with Gasteiger partial charge in [-0.05, 0) is 54.8 Å². The average molecular weight is 439 g/mol. The Balaban J connectivity index is 1.72. The minimum atomic E-state index is -0.173. The molecular weight excluding hydrogens is 412 g/mol. The lowest BCUT2D eigenvalue weighted by atomic mass is 10.1. The van der Waals surface area contributed by atoms with Gasteiger partial charge in [0.05, 0.1) is 12.8 Å². The third kappa shape index (κ3) is 6.72. The van der Waals surface area contributed by atoms with Crippen LogP contribution in [0.5, 0.6) is 0 Å². The molecule has 0 spiro atoms. The van der Waals surface area contributed by atoms with E-state index >= 15 is 0 Å². The lowest BCUT2D eigenvalue weighted by molar-refractivity contribution is -0.132. The number of benzene rings is 2. The second kappa shape index (κ2) is 11.4. The van der Waals surface area contributed by atoms with Gasteiger partial charge in [0.1, 0.15) is 12.3 Å². The van der Waals surface area contributed by atoms with Gasteiger partial charge in [0, 0.05) is 23.7 Å². The number of amides is 2. The normalized spacial score (nSPS) is 10.6. The third-order valence-electron chi connectivity index (χ3n) is 4.99. The van der Waals surface area contributed by atoms with Crippen molar-refractivity contribution in [2.45, 2.75) is 26.3 Å². The molecule has 0 radical (unpaired) electrons. The van der Waals surface area contributed by atoms with Gasteiger partial charge < -0.3 is 14.2 Å². The standard InChI is InChI=1S/C25H27ClN2O3/c1-2-15-28(25(30)21-10-12-22(26)13-11-21)19-24(29)27(18-23-9-6-17-31-23)16-14-20-7-4-3-5-8-20/h3-13,17H,2,14-16,18-19H2,1H3. The molecule has 1 heterocycles. The van der Waals surface area contributed by atoms with Crippen molar-refractivity contribution in [2.24, 2.45) is 0 Å². The Bertz CT molecular complexity index is 956. The van der Waals surface area contributed by atoms with E-state index in [1.165, 1.54) is 0 Å². The maximum atomic E-state index is 13.2. The first kappa shape index (κ1) is 22.6. The largest absolute Gasteiger partial charge is 0.467 e. The van der Waals surface area contributed by atoms with Crippen LogP contribution in [-0.4, -0.2) is 41.2 Å². The summed E-state index contributed by atoms with van der Waals surface area (Å²) in [6.45, 7) is 3.42. The Labute approximate surface area is 188 Å². The lowest BCUT2D eigenvalue weighted by Crippen LogP contribution is -2.43. The molecule has 0 bridgehead atoms. The summed E-state index contributed by atoms with van der Waals surface area (Å²) in [7, 11) is 0. The molecule has 0 N–H and O–H groups in total. The van der Waals surface area contributed by atoms with E-state index in [-0.39, 0.29) is 18.4 Å². The Morgan fingerprint density at radius 2 is 1.65 bits per heavy atom. The van der Waals surface area contributed by atoms with Gasteiger partial charge in [-0.15, -0.1) is 0 Å². The molecule has 162 valence electrons.